The summed E-state index contributed by atoms with van der Waals surface area (Å²) in [7, 11) is 0. The minimum absolute atomic E-state index is 0.294. The third-order valence-electron chi connectivity index (χ3n) is 1.96. The fourth-order valence-electron chi connectivity index (χ4n) is 1.07. The van der Waals surface area contributed by atoms with Gasteiger partial charge in [-0.2, -0.15) is 0 Å². The average Bonchev–Trinajstić information content (AvgIpc) is 2.14. The van der Waals surface area contributed by atoms with Gasteiger partial charge in [0.1, 0.15) is 0 Å². The van der Waals surface area contributed by atoms with E-state index in [-0.39, 0.29) is 6.10 Å². The van der Waals surface area contributed by atoms with Crippen molar-refractivity contribution in [2.45, 2.75) is 58.5 Å². The van der Waals surface area contributed by atoms with Crippen LogP contribution in [0.3, 0.4) is 0 Å². The van der Waals surface area contributed by atoms with E-state index < -0.39 is 0 Å². The molecule has 0 fully saturated rings. The van der Waals surface area contributed by atoms with Crippen LogP contribution in [0.2, 0.25) is 0 Å². The summed E-state index contributed by atoms with van der Waals surface area (Å²) in [5.41, 5.74) is 3.03. The van der Waals surface area contributed by atoms with Crippen molar-refractivity contribution < 1.29 is 5.11 Å². The van der Waals surface area contributed by atoms with Gasteiger partial charge in [0, 0.05) is 0 Å². The van der Waals surface area contributed by atoms with Crippen molar-refractivity contribution in [1.29, 1.82) is 0 Å². The van der Waals surface area contributed by atoms with Gasteiger partial charge in [-0.15, -0.1) is 5.73 Å². The van der Waals surface area contributed by atoms with E-state index in [2.05, 4.69) is 19.6 Å². The summed E-state index contributed by atoms with van der Waals surface area (Å²) in [6, 6.07) is 0. The second kappa shape index (κ2) is 9.57. The highest BCUT2D eigenvalue weighted by atomic mass is 16.3. The number of hydrogen-bond acceptors (Lipinski definition) is 1. The van der Waals surface area contributed by atoms with Crippen molar-refractivity contribution in [2.24, 2.45) is 0 Å². The molecule has 0 amide bonds. The fraction of sp³-hybridized carbons (Fsp3) is 0.750. The van der Waals surface area contributed by atoms with Crippen molar-refractivity contribution in [3.05, 3.63) is 17.9 Å². The van der Waals surface area contributed by atoms with Gasteiger partial charge >= 0.3 is 0 Å². The van der Waals surface area contributed by atoms with E-state index in [0.717, 1.165) is 25.7 Å². The highest BCUT2D eigenvalue weighted by Gasteiger charge is 1.95. The first-order valence-corrected chi connectivity index (χ1v) is 5.40. The predicted octanol–water partition coefficient (Wildman–Crippen LogP) is 3.44. The van der Waals surface area contributed by atoms with Crippen molar-refractivity contribution >= 4 is 0 Å². The zero-order valence-corrected chi connectivity index (χ0v) is 8.92. The summed E-state index contributed by atoms with van der Waals surface area (Å²) in [4.78, 5) is 0. The first-order chi connectivity index (χ1) is 6.31. The maximum absolute atomic E-state index is 9.40. The fourth-order valence-corrected chi connectivity index (χ4v) is 1.07. The Balaban J connectivity index is 3.50. The quantitative estimate of drug-likeness (QED) is 0.472. The van der Waals surface area contributed by atoms with Crippen LogP contribution in [0.5, 0.6) is 0 Å². The van der Waals surface area contributed by atoms with E-state index in [1.54, 1.807) is 6.08 Å². The molecule has 1 unspecified atom stereocenters. The molecule has 0 spiro atoms. The molecular formula is C12H22O. The zero-order valence-electron chi connectivity index (χ0n) is 8.92. The molecule has 1 nitrogen and oxygen atoms in total. The van der Waals surface area contributed by atoms with Crippen LogP contribution >= 0.6 is 0 Å². The molecule has 0 bridgehead atoms. The van der Waals surface area contributed by atoms with Crippen LogP contribution in [0, 0.1) is 0 Å². The Kier molecular flexibility index (Phi) is 9.18. The van der Waals surface area contributed by atoms with Gasteiger partial charge in [0.25, 0.3) is 0 Å². The van der Waals surface area contributed by atoms with Gasteiger partial charge in [0.05, 0.1) is 6.10 Å². The van der Waals surface area contributed by atoms with E-state index in [0.29, 0.717) is 0 Å². The molecule has 0 aromatic heterocycles. The Morgan fingerprint density at radius 2 is 1.92 bits per heavy atom. The lowest BCUT2D eigenvalue weighted by molar-refractivity contribution is 0.209. The van der Waals surface area contributed by atoms with E-state index in [4.69, 9.17) is 0 Å². The predicted molar refractivity (Wildman–Crippen MR) is 57.7 cm³/mol. The second-order valence-electron chi connectivity index (χ2n) is 3.39. The Morgan fingerprint density at radius 1 is 1.23 bits per heavy atom. The average molecular weight is 182 g/mol. The molecule has 0 saturated heterocycles. The lowest BCUT2D eigenvalue weighted by Gasteiger charge is -2.00. The summed E-state index contributed by atoms with van der Waals surface area (Å²) in [6.45, 7) is 4.31. The minimum atomic E-state index is -0.294. The zero-order chi connectivity index (χ0) is 9.94. The van der Waals surface area contributed by atoms with Crippen molar-refractivity contribution in [3.8, 4) is 0 Å². The summed E-state index contributed by atoms with van der Waals surface area (Å²) in [5, 5.41) is 9.40. The van der Waals surface area contributed by atoms with Crippen molar-refractivity contribution in [3.63, 3.8) is 0 Å². The molecule has 1 atom stereocenters. The Labute approximate surface area is 82.2 Å². The van der Waals surface area contributed by atoms with E-state index in [1.165, 1.54) is 12.8 Å². The maximum atomic E-state index is 9.40. The summed E-state index contributed by atoms with van der Waals surface area (Å²) in [5.74, 6) is 0. The molecule has 0 aliphatic carbocycles. The van der Waals surface area contributed by atoms with Crippen LogP contribution in [0.4, 0.5) is 0 Å². The molecule has 0 aromatic carbocycles. The van der Waals surface area contributed by atoms with Crippen molar-refractivity contribution in [2.75, 3.05) is 0 Å². The molecular weight excluding hydrogens is 160 g/mol. The third-order valence-corrected chi connectivity index (χ3v) is 1.96. The number of aliphatic hydroxyl groups is 1. The SMILES string of the molecule is CCCCC=C=CC(O)CCCC. The summed E-state index contributed by atoms with van der Waals surface area (Å²) in [6.07, 6.45) is 10.1. The molecule has 0 heterocycles. The lowest BCUT2D eigenvalue weighted by Crippen LogP contribution is -1.99. The Hall–Kier alpha value is -0.520. The Bertz CT molecular complexity index is 155. The van der Waals surface area contributed by atoms with Crippen LogP contribution < -0.4 is 0 Å². The molecule has 1 N–H and O–H groups in total. The summed E-state index contributed by atoms with van der Waals surface area (Å²) >= 11 is 0. The van der Waals surface area contributed by atoms with E-state index >= 15 is 0 Å². The first kappa shape index (κ1) is 12.5. The summed E-state index contributed by atoms with van der Waals surface area (Å²) < 4.78 is 0. The molecule has 0 aliphatic heterocycles. The molecule has 76 valence electrons. The van der Waals surface area contributed by atoms with Crippen LogP contribution in [-0.2, 0) is 0 Å². The van der Waals surface area contributed by atoms with E-state index in [9.17, 15) is 5.11 Å². The maximum Gasteiger partial charge on any atom is 0.0794 e. The molecule has 0 aromatic rings. The van der Waals surface area contributed by atoms with Gasteiger partial charge in [-0.25, -0.2) is 0 Å². The molecule has 0 radical (unpaired) electrons. The van der Waals surface area contributed by atoms with Gasteiger partial charge < -0.3 is 5.11 Å². The standard InChI is InChI=1S/C12H22O/c1-3-5-7-8-9-11-12(13)10-6-4-2/h8,11-13H,3-7,10H2,1-2H3. The number of hydrogen-bond donors (Lipinski definition) is 1. The van der Waals surface area contributed by atoms with Gasteiger partial charge in [0.2, 0.25) is 0 Å². The van der Waals surface area contributed by atoms with Crippen LogP contribution in [-0.4, -0.2) is 11.2 Å². The van der Waals surface area contributed by atoms with Gasteiger partial charge in [-0.3, -0.25) is 0 Å². The number of unbranched alkanes of at least 4 members (excludes halogenated alkanes) is 3. The molecule has 0 aliphatic rings. The second-order valence-corrected chi connectivity index (χ2v) is 3.39. The number of aliphatic hydroxyl groups excluding tert-OH is 1. The van der Waals surface area contributed by atoms with E-state index in [1.807, 2.05) is 6.08 Å². The highest BCUT2D eigenvalue weighted by molar-refractivity contribution is 4.89. The van der Waals surface area contributed by atoms with Gasteiger partial charge in [0.15, 0.2) is 0 Å². The molecule has 0 rings (SSSR count). The normalized spacial score (nSPS) is 11.9. The lowest BCUT2D eigenvalue weighted by atomic mass is 10.1. The topological polar surface area (TPSA) is 20.2 Å². The first-order valence-electron chi connectivity index (χ1n) is 5.40. The van der Waals surface area contributed by atoms with Crippen LogP contribution in [0.15, 0.2) is 17.9 Å². The largest absolute Gasteiger partial charge is 0.388 e. The minimum Gasteiger partial charge on any atom is -0.388 e. The highest BCUT2D eigenvalue weighted by Crippen LogP contribution is 2.01. The van der Waals surface area contributed by atoms with Crippen molar-refractivity contribution in [1.82, 2.24) is 0 Å². The van der Waals surface area contributed by atoms with Gasteiger partial charge in [-0.1, -0.05) is 33.1 Å². The Morgan fingerprint density at radius 3 is 2.54 bits per heavy atom. The molecule has 0 saturated carbocycles. The number of rotatable bonds is 7. The molecule has 1 heteroatoms. The smallest absolute Gasteiger partial charge is 0.0794 e. The van der Waals surface area contributed by atoms with Gasteiger partial charge in [-0.05, 0) is 31.4 Å². The van der Waals surface area contributed by atoms with Crippen LogP contribution in [0.25, 0.3) is 0 Å². The third kappa shape index (κ3) is 9.39. The molecule has 13 heavy (non-hydrogen) atoms. The van der Waals surface area contributed by atoms with Crippen LogP contribution in [0.1, 0.15) is 52.4 Å². The monoisotopic (exact) mass is 182 g/mol.